The van der Waals surface area contributed by atoms with Crippen LogP contribution in [-0.2, 0) is 6.42 Å². The van der Waals surface area contributed by atoms with Crippen molar-refractivity contribution in [3.63, 3.8) is 0 Å². The van der Waals surface area contributed by atoms with Gasteiger partial charge in [0.15, 0.2) is 17.5 Å². The number of benzene rings is 3. The Bertz CT molecular complexity index is 1130. The lowest BCUT2D eigenvalue weighted by atomic mass is 10.1. The largest absolute Gasteiger partial charge is 0.319 e. The zero-order valence-corrected chi connectivity index (χ0v) is 15.1. The summed E-state index contributed by atoms with van der Waals surface area (Å²) in [5.74, 6) is -5.51. The maximum atomic E-state index is 13.8. The Morgan fingerprint density at radius 3 is 2.45 bits per heavy atom. The molecule has 1 aliphatic rings. The third kappa shape index (κ3) is 3.47. The zero-order valence-electron chi connectivity index (χ0n) is 15.1. The average molecular weight is 396 g/mol. The van der Waals surface area contributed by atoms with Gasteiger partial charge < -0.3 is 10.2 Å². The van der Waals surface area contributed by atoms with E-state index in [-0.39, 0.29) is 11.5 Å². The van der Waals surface area contributed by atoms with E-state index in [9.17, 15) is 22.8 Å². The van der Waals surface area contributed by atoms with Gasteiger partial charge in [-0.15, -0.1) is 0 Å². The molecule has 3 aromatic carbocycles. The van der Waals surface area contributed by atoms with Crippen LogP contribution in [0.2, 0.25) is 0 Å². The number of nitrogens with one attached hydrogen (secondary N) is 1. The summed E-state index contributed by atoms with van der Waals surface area (Å²) >= 11 is 0. The van der Waals surface area contributed by atoms with Gasteiger partial charge >= 0.3 is 0 Å². The van der Waals surface area contributed by atoms with Crippen LogP contribution in [0.1, 0.15) is 26.3 Å². The fraction of sp³-hybridized carbons (Fsp3) is 0.0909. The highest BCUT2D eigenvalue weighted by Crippen LogP contribution is 2.29. The second-order valence-electron chi connectivity index (χ2n) is 6.59. The van der Waals surface area contributed by atoms with E-state index in [2.05, 4.69) is 5.32 Å². The molecule has 0 radical (unpaired) electrons. The molecule has 146 valence electrons. The first kappa shape index (κ1) is 18.7. The number of hydrogen-bond donors (Lipinski definition) is 1. The van der Waals surface area contributed by atoms with Crippen LogP contribution in [-0.4, -0.2) is 18.4 Å². The minimum absolute atomic E-state index is 0.0902. The van der Waals surface area contributed by atoms with Crippen LogP contribution in [0.15, 0.2) is 60.7 Å². The molecule has 0 saturated carbocycles. The number of rotatable bonds is 3. The number of halogens is 3. The average Bonchev–Trinajstić information content (AvgIpc) is 3.18. The normalized spacial score (nSPS) is 12.6. The van der Waals surface area contributed by atoms with Crippen molar-refractivity contribution in [2.45, 2.75) is 6.42 Å². The summed E-state index contributed by atoms with van der Waals surface area (Å²) in [4.78, 5) is 27.0. The van der Waals surface area contributed by atoms with E-state index >= 15 is 0 Å². The second kappa shape index (κ2) is 7.43. The lowest BCUT2D eigenvalue weighted by Crippen LogP contribution is -2.29. The van der Waals surface area contributed by atoms with Crippen LogP contribution in [0.3, 0.4) is 0 Å². The maximum Gasteiger partial charge on any atom is 0.258 e. The molecule has 1 aliphatic heterocycles. The van der Waals surface area contributed by atoms with Gasteiger partial charge in [-0.05, 0) is 48.4 Å². The van der Waals surface area contributed by atoms with E-state index in [1.165, 1.54) is 18.2 Å². The summed E-state index contributed by atoms with van der Waals surface area (Å²) < 4.78 is 40.2. The second-order valence-corrected chi connectivity index (χ2v) is 6.59. The van der Waals surface area contributed by atoms with Crippen LogP contribution >= 0.6 is 0 Å². The van der Waals surface area contributed by atoms with Gasteiger partial charge in [0, 0.05) is 23.4 Å². The summed E-state index contributed by atoms with van der Waals surface area (Å²) in [5.41, 5.74) is 1.80. The number of nitrogens with zero attached hydrogens (tertiary/aromatic N) is 1. The van der Waals surface area contributed by atoms with Gasteiger partial charge in [-0.25, -0.2) is 13.2 Å². The summed E-state index contributed by atoms with van der Waals surface area (Å²) in [6.07, 6.45) is 0.748. The van der Waals surface area contributed by atoms with Crippen molar-refractivity contribution in [3.05, 3.63) is 94.8 Å². The molecule has 0 fully saturated rings. The first-order valence-electron chi connectivity index (χ1n) is 8.90. The summed E-state index contributed by atoms with van der Waals surface area (Å²) in [6, 6.07) is 15.2. The molecule has 4 nitrogen and oxygen atoms in total. The van der Waals surface area contributed by atoms with E-state index in [0.29, 0.717) is 12.1 Å². The third-order valence-corrected chi connectivity index (χ3v) is 4.79. The molecular weight excluding hydrogens is 381 g/mol. The van der Waals surface area contributed by atoms with E-state index in [4.69, 9.17) is 0 Å². The summed E-state index contributed by atoms with van der Waals surface area (Å²) in [5, 5.41) is 2.20. The number of amides is 2. The van der Waals surface area contributed by atoms with E-state index in [1.54, 1.807) is 11.0 Å². The van der Waals surface area contributed by atoms with Gasteiger partial charge in [0.1, 0.15) is 0 Å². The van der Waals surface area contributed by atoms with Crippen molar-refractivity contribution in [1.29, 1.82) is 0 Å². The molecule has 0 atom stereocenters. The van der Waals surface area contributed by atoms with Crippen molar-refractivity contribution in [2.24, 2.45) is 0 Å². The lowest BCUT2D eigenvalue weighted by Gasteiger charge is -2.17. The topological polar surface area (TPSA) is 49.4 Å². The fourth-order valence-corrected chi connectivity index (χ4v) is 3.32. The highest BCUT2D eigenvalue weighted by molar-refractivity contribution is 6.10. The molecular formula is C22H15F3N2O2. The van der Waals surface area contributed by atoms with Crippen LogP contribution < -0.4 is 10.2 Å². The highest BCUT2D eigenvalue weighted by atomic mass is 19.2. The van der Waals surface area contributed by atoms with Crippen molar-refractivity contribution in [3.8, 4) is 0 Å². The molecule has 1 N–H and O–H groups in total. The molecule has 0 saturated heterocycles. The maximum absolute atomic E-state index is 13.8. The van der Waals surface area contributed by atoms with E-state index in [1.807, 2.05) is 24.3 Å². The summed E-state index contributed by atoms with van der Waals surface area (Å²) in [6.45, 7) is 0.536. The number of hydrogen-bond acceptors (Lipinski definition) is 2. The SMILES string of the molecule is O=C(Nc1ccc(F)c(F)c1F)c1cccc(C(=O)N2CCc3ccccc32)c1. The van der Waals surface area contributed by atoms with Crippen LogP contribution in [0, 0.1) is 17.5 Å². The molecule has 1 heterocycles. The molecule has 0 unspecified atom stereocenters. The first-order chi connectivity index (χ1) is 14.0. The minimum Gasteiger partial charge on any atom is -0.319 e. The number of carbonyl (C=O) groups is 2. The fourth-order valence-electron chi connectivity index (χ4n) is 3.32. The predicted octanol–water partition coefficient (Wildman–Crippen LogP) is 4.56. The molecule has 0 bridgehead atoms. The Morgan fingerprint density at radius 1 is 0.862 bits per heavy atom. The number of para-hydroxylation sites is 1. The Kier molecular flexibility index (Phi) is 4.80. The number of fused-ring (bicyclic) bond motifs is 1. The number of anilines is 2. The Hall–Kier alpha value is -3.61. The molecule has 0 aromatic heterocycles. The van der Waals surface area contributed by atoms with Crippen LogP contribution in [0.25, 0.3) is 0 Å². The predicted molar refractivity (Wildman–Crippen MR) is 103 cm³/mol. The van der Waals surface area contributed by atoms with Crippen LogP contribution in [0.5, 0.6) is 0 Å². The Labute approximate surface area is 164 Å². The van der Waals surface area contributed by atoms with E-state index in [0.717, 1.165) is 29.8 Å². The third-order valence-electron chi connectivity index (χ3n) is 4.79. The molecule has 7 heteroatoms. The monoisotopic (exact) mass is 396 g/mol. The molecule has 4 rings (SSSR count). The molecule has 3 aromatic rings. The highest BCUT2D eigenvalue weighted by Gasteiger charge is 2.25. The molecule has 0 spiro atoms. The first-order valence-corrected chi connectivity index (χ1v) is 8.90. The summed E-state index contributed by atoms with van der Waals surface area (Å²) in [7, 11) is 0. The van der Waals surface area contributed by atoms with Gasteiger partial charge in [-0.3, -0.25) is 9.59 Å². The molecule has 29 heavy (non-hydrogen) atoms. The van der Waals surface area contributed by atoms with Gasteiger partial charge in [0.2, 0.25) is 0 Å². The van der Waals surface area contributed by atoms with Gasteiger partial charge in [0.05, 0.1) is 5.69 Å². The minimum atomic E-state index is -1.67. The standard InChI is InChI=1S/C22H15F3N2O2/c23-16-8-9-17(20(25)19(16)24)26-21(28)14-5-3-6-15(12-14)22(29)27-11-10-13-4-1-2-7-18(13)27/h1-9,12H,10-11H2,(H,26,28). The van der Waals surface area contributed by atoms with Crippen molar-refractivity contribution in [1.82, 2.24) is 0 Å². The Morgan fingerprint density at radius 2 is 1.62 bits per heavy atom. The van der Waals surface area contributed by atoms with Gasteiger partial charge in [-0.2, -0.15) is 0 Å². The zero-order chi connectivity index (χ0) is 20.5. The smallest absolute Gasteiger partial charge is 0.258 e. The van der Waals surface area contributed by atoms with Gasteiger partial charge in [-0.1, -0.05) is 24.3 Å². The Balaban J connectivity index is 1.57. The molecule has 0 aliphatic carbocycles. The van der Waals surface area contributed by atoms with Gasteiger partial charge in [0.25, 0.3) is 11.8 Å². The van der Waals surface area contributed by atoms with E-state index < -0.39 is 29.0 Å². The van der Waals surface area contributed by atoms with Crippen molar-refractivity contribution >= 4 is 23.2 Å². The lowest BCUT2D eigenvalue weighted by molar-refractivity contribution is 0.0989. The number of carbonyl (C=O) groups excluding carboxylic acids is 2. The quantitative estimate of drug-likeness (QED) is 0.660. The molecule has 2 amide bonds. The van der Waals surface area contributed by atoms with Crippen LogP contribution in [0.4, 0.5) is 24.5 Å². The van der Waals surface area contributed by atoms with Crippen molar-refractivity contribution in [2.75, 3.05) is 16.8 Å². The van der Waals surface area contributed by atoms with Crippen molar-refractivity contribution < 1.29 is 22.8 Å².